The van der Waals surface area contributed by atoms with Crippen LogP contribution >= 0.6 is 0 Å². The molecule has 23 heavy (non-hydrogen) atoms. The molecule has 0 atom stereocenters. The standard InChI is InChI=1S/C20H22O3/c1-11-7-8-16(15(5)14(11)4)19(21)17-9-12(2)13(3)10-18(17)20(22)23-6/h7-10H,1-6H3. The molecule has 0 unspecified atom stereocenters. The normalized spacial score (nSPS) is 10.5. The van der Waals surface area contributed by atoms with Crippen molar-refractivity contribution in [2.45, 2.75) is 34.6 Å². The van der Waals surface area contributed by atoms with Crippen LogP contribution in [0.5, 0.6) is 0 Å². The van der Waals surface area contributed by atoms with Gasteiger partial charge in [0.25, 0.3) is 0 Å². The Labute approximate surface area is 137 Å². The zero-order chi connectivity index (χ0) is 17.3. The van der Waals surface area contributed by atoms with Crippen LogP contribution in [0.25, 0.3) is 0 Å². The fraction of sp³-hybridized carbons (Fsp3) is 0.300. The van der Waals surface area contributed by atoms with Gasteiger partial charge in [0.05, 0.1) is 12.7 Å². The monoisotopic (exact) mass is 310 g/mol. The first-order chi connectivity index (χ1) is 10.8. The van der Waals surface area contributed by atoms with Gasteiger partial charge in [0.1, 0.15) is 0 Å². The van der Waals surface area contributed by atoms with Crippen molar-refractivity contribution < 1.29 is 14.3 Å². The fourth-order valence-corrected chi connectivity index (χ4v) is 2.63. The molecule has 0 saturated carbocycles. The molecule has 0 aliphatic rings. The zero-order valence-electron chi connectivity index (χ0n) is 14.5. The summed E-state index contributed by atoms with van der Waals surface area (Å²) in [5.74, 6) is -0.632. The molecular formula is C20H22O3. The van der Waals surface area contributed by atoms with Gasteiger partial charge in [-0.15, -0.1) is 0 Å². The number of ether oxygens (including phenoxy) is 1. The van der Waals surface area contributed by atoms with Crippen molar-refractivity contribution in [2.75, 3.05) is 7.11 Å². The van der Waals surface area contributed by atoms with Gasteiger partial charge in [-0.2, -0.15) is 0 Å². The van der Waals surface area contributed by atoms with Crippen LogP contribution in [0.15, 0.2) is 24.3 Å². The van der Waals surface area contributed by atoms with Crippen LogP contribution < -0.4 is 0 Å². The molecule has 0 radical (unpaired) electrons. The SMILES string of the molecule is COC(=O)c1cc(C)c(C)cc1C(=O)c1ccc(C)c(C)c1C. The minimum atomic E-state index is -0.488. The molecule has 0 bridgehead atoms. The third kappa shape index (κ3) is 3.04. The molecule has 2 aromatic carbocycles. The van der Waals surface area contributed by atoms with E-state index in [0.717, 1.165) is 27.8 Å². The van der Waals surface area contributed by atoms with Crippen molar-refractivity contribution in [3.8, 4) is 0 Å². The third-order valence-corrected chi connectivity index (χ3v) is 4.59. The summed E-state index contributed by atoms with van der Waals surface area (Å²) in [4.78, 5) is 25.1. The highest BCUT2D eigenvalue weighted by molar-refractivity contribution is 6.15. The van der Waals surface area contributed by atoms with Crippen molar-refractivity contribution >= 4 is 11.8 Å². The highest BCUT2D eigenvalue weighted by Crippen LogP contribution is 2.24. The number of carbonyl (C=O) groups excluding carboxylic acids is 2. The molecule has 0 saturated heterocycles. The molecule has 3 heteroatoms. The van der Waals surface area contributed by atoms with Crippen molar-refractivity contribution in [3.63, 3.8) is 0 Å². The summed E-state index contributed by atoms with van der Waals surface area (Å²) in [7, 11) is 1.33. The average Bonchev–Trinajstić information content (AvgIpc) is 2.53. The van der Waals surface area contributed by atoms with Crippen molar-refractivity contribution in [1.29, 1.82) is 0 Å². The van der Waals surface area contributed by atoms with E-state index >= 15 is 0 Å². The van der Waals surface area contributed by atoms with E-state index in [1.807, 2.05) is 46.8 Å². The van der Waals surface area contributed by atoms with Gasteiger partial charge in [0.2, 0.25) is 0 Å². The number of hydrogen-bond donors (Lipinski definition) is 0. The maximum Gasteiger partial charge on any atom is 0.338 e. The van der Waals surface area contributed by atoms with Gasteiger partial charge >= 0.3 is 5.97 Å². The second-order valence-corrected chi connectivity index (χ2v) is 5.98. The molecule has 2 aromatic rings. The van der Waals surface area contributed by atoms with E-state index in [1.54, 1.807) is 12.1 Å². The van der Waals surface area contributed by atoms with E-state index in [2.05, 4.69) is 0 Å². The highest BCUT2D eigenvalue weighted by atomic mass is 16.5. The second-order valence-electron chi connectivity index (χ2n) is 5.98. The molecule has 0 fully saturated rings. The highest BCUT2D eigenvalue weighted by Gasteiger charge is 2.22. The maximum absolute atomic E-state index is 13.0. The van der Waals surface area contributed by atoms with E-state index in [1.165, 1.54) is 7.11 Å². The van der Waals surface area contributed by atoms with E-state index < -0.39 is 5.97 Å². The van der Waals surface area contributed by atoms with Gasteiger partial charge in [0, 0.05) is 11.1 Å². The number of methoxy groups -OCH3 is 1. The Balaban J connectivity index is 2.66. The summed E-state index contributed by atoms with van der Waals surface area (Å²) in [6, 6.07) is 7.27. The quantitative estimate of drug-likeness (QED) is 0.629. The number of ketones is 1. The first kappa shape index (κ1) is 16.9. The molecular weight excluding hydrogens is 288 g/mol. The first-order valence-electron chi connectivity index (χ1n) is 7.59. The molecule has 0 amide bonds. The van der Waals surface area contributed by atoms with Gasteiger partial charge in [-0.1, -0.05) is 12.1 Å². The number of hydrogen-bond acceptors (Lipinski definition) is 3. The van der Waals surface area contributed by atoms with Crippen molar-refractivity contribution in [3.05, 3.63) is 68.8 Å². The predicted molar refractivity (Wildman–Crippen MR) is 91.3 cm³/mol. The van der Waals surface area contributed by atoms with Crippen molar-refractivity contribution in [1.82, 2.24) is 0 Å². The maximum atomic E-state index is 13.0. The summed E-state index contributed by atoms with van der Waals surface area (Å²) in [6.07, 6.45) is 0. The lowest BCUT2D eigenvalue weighted by molar-refractivity contribution is 0.0597. The lowest BCUT2D eigenvalue weighted by atomic mass is 9.90. The molecule has 2 rings (SSSR count). The number of carbonyl (C=O) groups is 2. The van der Waals surface area contributed by atoms with E-state index in [-0.39, 0.29) is 5.78 Å². The van der Waals surface area contributed by atoms with Crippen LogP contribution in [-0.4, -0.2) is 18.9 Å². The van der Waals surface area contributed by atoms with Crippen molar-refractivity contribution in [2.24, 2.45) is 0 Å². The Morgan fingerprint density at radius 1 is 0.739 bits per heavy atom. The molecule has 0 aliphatic carbocycles. The lowest BCUT2D eigenvalue weighted by Crippen LogP contribution is -2.14. The molecule has 0 spiro atoms. The van der Waals surface area contributed by atoms with Crippen LogP contribution in [-0.2, 0) is 4.74 Å². The molecule has 3 nitrogen and oxygen atoms in total. The van der Waals surface area contributed by atoms with Gasteiger partial charge in [0.15, 0.2) is 5.78 Å². The minimum Gasteiger partial charge on any atom is -0.465 e. The van der Waals surface area contributed by atoms with E-state index in [9.17, 15) is 9.59 Å². The first-order valence-corrected chi connectivity index (χ1v) is 7.59. The Bertz CT molecular complexity index is 801. The number of rotatable bonds is 3. The van der Waals surface area contributed by atoms with E-state index in [0.29, 0.717) is 16.7 Å². The van der Waals surface area contributed by atoms with Crippen LogP contribution in [0.3, 0.4) is 0 Å². The summed E-state index contributed by atoms with van der Waals surface area (Å²) in [5, 5.41) is 0. The number of esters is 1. The molecule has 0 aliphatic heterocycles. The molecule has 120 valence electrons. The Hall–Kier alpha value is -2.42. The average molecular weight is 310 g/mol. The molecule has 0 heterocycles. The predicted octanol–water partition coefficient (Wildman–Crippen LogP) is 4.25. The van der Waals surface area contributed by atoms with Crippen LogP contribution in [0.1, 0.15) is 54.1 Å². The molecule has 0 aromatic heterocycles. The summed E-state index contributed by atoms with van der Waals surface area (Å²) in [6.45, 7) is 9.81. The number of benzene rings is 2. The summed E-state index contributed by atoms with van der Waals surface area (Å²) in [5.41, 5.74) is 6.46. The Morgan fingerprint density at radius 2 is 1.30 bits per heavy atom. The molecule has 0 N–H and O–H groups in total. The van der Waals surface area contributed by atoms with Crippen LogP contribution in [0.2, 0.25) is 0 Å². The minimum absolute atomic E-state index is 0.144. The van der Waals surface area contributed by atoms with Gasteiger partial charge in [-0.25, -0.2) is 4.79 Å². The lowest BCUT2D eigenvalue weighted by Gasteiger charge is -2.14. The summed E-state index contributed by atoms with van der Waals surface area (Å²) >= 11 is 0. The van der Waals surface area contributed by atoms with E-state index in [4.69, 9.17) is 4.74 Å². The topological polar surface area (TPSA) is 43.4 Å². The number of aryl methyl sites for hydroxylation is 3. The largest absolute Gasteiger partial charge is 0.465 e. The second kappa shape index (κ2) is 6.37. The van der Waals surface area contributed by atoms with Gasteiger partial charge in [-0.05, 0) is 74.6 Å². The Kier molecular flexibility index (Phi) is 4.69. The van der Waals surface area contributed by atoms with Crippen LogP contribution in [0, 0.1) is 34.6 Å². The fourth-order valence-electron chi connectivity index (χ4n) is 2.63. The smallest absolute Gasteiger partial charge is 0.338 e. The summed E-state index contributed by atoms with van der Waals surface area (Å²) < 4.78 is 4.84. The zero-order valence-corrected chi connectivity index (χ0v) is 14.5. The van der Waals surface area contributed by atoms with Crippen LogP contribution in [0.4, 0.5) is 0 Å². The van der Waals surface area contributed by atoms with Gasteiger partial charge < -0.3 is 4.74 Å². The third-order valence-electron chi connectivity index (χ3n) is 4.59. The van der Waals surface area contributed by atoms with Gasteiger partial charge in [-0.3, -0.25) is 4.79 Å². The Morgan fingerprint density at radius 3 is 1.87 bits per heavy atom.